The zero-order valence-electron chi connectivity index (χ0n) is 10.5. The van der Waals surface area contributed by atoms with E-state index in [0.29, 0.717) is 18.9 Å². The Morgan fingerprint density at radius 2 is 2.17 bits per heavy atom. The van der Waals surface area contributed by atoms with Gasteiger partial charge in [0.15, 0.2) is 0 Å². The molecule has 1 aliphatic carbocycles. The molecule has 0 saturated heterocycles. The van der Waals surface area contributed by atoms with Crippen molar-refractivity contribution < 1.29 is 14.1 Å². The maximum atomic E-state index is 11.3. The van der Waals surface area contributed by atoms with Gasteiger partial charge in [-0.15, -0.1) is 0 Å². The van der Waals surface area contributed by atoms with Gasteiger partial charge in [-0.05, 0) is 54.6 Å². The number of hydrogen-bond donors (Lipinski definition) is 1. The summed E-state index contributed by atoms with van der Waals surface area (Å²) in [5.74, 6) is -2.91. The number of carbonyl (C=O) groups is 1. The van der Waals surface area contributed by atoms with Crippen molar-refractivity contribution in [3.8, 4) is 0 Å². The minimum atomic E-state index is -3.21. The summed E-state index contributed by atoms with van der Waals surface area (Å²) in [6.45, 7) is 2.23. The van der Waals surface area contributed by atoms with E-state index in [-0.39, 0.29) is 12.0 Å². The van der Waals surface area contributed by atoms with Gasteiger partial charge in [-0.3, -0.25) is 9.36 Å². The highest BCUT2D eigenvalue weighted by Gasteiger charge is 2.27. The fourth-order valence-corrected chi connectivity index (χ4v) is 3.93. The molecule has 1 N–H and O–H groups in total. The molecule has 7 heteroatoms. The molecule has 2 atom stereocenters. The first-order chi connectivity index (χ1) is 8.40. The van der Waals surface area contributed by atoms with E-state index in [0.717, 1.165) is 32.1 Å². The number of esters is 1. The Hall–Kier alpha value is 0.240. The van der Waals surface area contributed by atoms with Gasteiger partial charge in [0.05, 0.1) is 6.61 Å². The van der Waals surface area contributed by atoms with E-state index in [1.165, 1.54) is 0 Å². The number of hydrogen-bond acceptors (Lipinski definition) is 3. The summed E-state index contributed by atoms with van der Waals surface area (Å²) >= 11 is 11.0. The van der Waals surface area contributed by atoms with E-state index < -0.39 is 6.00 Å². The topological polar surface area (TPSA) is 55.4 Å². The third-order valence-electron chi connectivity index (χ3n) is 3.18. The van der Waals surface area contributed by atoms with E-state index in [9.17, 15) is 9.36 Å². The third-order valence-corrected chi connectivity index (χ3v) is 4.43. The smallest absolute Gasteiger partial charge is 0.319 e. The molecule has 0 bridgehead atoms. The first kappa shape index (κ1) is 16.3. The summed E-state index contributed by atoms with van der Waals surface area (Å²) in [6, 6.07) is 0.0896. The normalized spacial score (nSPS) is 24.8. The van der Waals surface area contributed by atoms with Gasteiger partial charge in [0.25, 0.3) is 0 Å². The fourth-order valence-electron chi connectivity index (χ4n) is 2.44. The Morgan fingerprint density at radius 3 is 2.78 bits per heavy atom. The highest BCUT2D eigenvalue weighted by molar-refractivity contribution is 8.07. The Labute approximate surface area is 118 Å². The van der Waals surface area contributed by atoms with E-state index in [4.69, 9.17) is 27.2 Å². The third kappa shape index (κ3) is 6.98. The van der Waals surface area contributed by atoms with Crippen LogP contribution in [0.25, 0.3) is 0 Å². The van der Waals surface area contributed by atoms with Crippen LogP contribution in [-0.4, -0.2) is 18.6 Å². The van der Waals surface area contributed by atoms with Crippen molar-refractivity contribution in [3.05, 3.63) is 0 Å². The second-order valence-electron chi connectivity index (χ2n) is 4.66. The largest absolute Gasteiger partial charge is 0.466 e. The average molecular weight is 316 g/mol. The van der Waals surface area contributed by atoms with Crippen molar-refractivity contribution in [1.82, 2.24) is 5.09 Å². The van der Waals surface area contributed by atoms with Crippen molar-refractivity contribution in [2.24, 2.45) is 5.92 Å². The van der Waals surface area contributed by atoms with E-state index in [1.54, 1.807) is 6.92 Å². The van der Waals surface area contributed by atoms with E-state index in [2.05, 4.69) is 5.09 Å². The van der Waals surface area contributed by atoms with Crippen LogP contribution in [0.4, 0.5) is 0 Å². The van der Waals surface area contributed by atoms with Gasteiger partial charge in [0.1, 0.15) is 0 Å². The summed E-state index contributed by atoms with van der Waals surface area (Å²) in [5.41, 5.74) is 0. The minimum absolute atomic E-state index is 0.0896. The van der Waals surface area contributed by atoms with Crippen LogP contribution in [-0.2, 0) is 14.1 Å². The minimum Gasteiger partial charge on any atom is -0.466 e. The summed E-state index contributed by atoms with van der Waals surface area (Å²) in [4.78, 5) is 11.3. The quantitative estimate of drug-likeness (QED) is 0.593. The Balaban J connectivity index is 2.30. The van der Waals surface area contributed by atoms with Gasteiger partial charge in [0.2, 0.25) is 0 Å². The molecule has 0 heterocycles. The van der Waals surface area contributed by atoms with Crippen molar-refractivity contribution in [1.29, 1.82) is 0 Å². The molecule has 4 nitrogen and oxygen atoms in total. The lowest BCUT2D eigenvalue weighted by molar-refractivity contribution is -0.143. The zero-order chi connectivity index (χ0) is 13.6. The molecule has 1 rings (SSSR count). The first-order valence-corrected chi connectivity index (χ1v) is 9.85. The predicted octanol–water partition coefficient (Wildman–Crippen LogP) is 4.06. The maximum absolute atomic E-state index is 11.3. The number of nitrogens with one attached hydrogen (secondary N) is 1. The number of carbonyl (C=O) groups excluding carboxylic acids is 1. The van der Waals surface area contributed by atoms with Crippen molar-refractivity contribution in [2.45, 2.75) is 51.5 Å². The summed E-state index contributed by atoms with van der Waals surface area (Å²) in [5, 5.41) is 2.77. The lowest BCUT2D eigenvalue weighted by atomic mass is 9.83. The molecule has 1 fully saturated rings. The van der Waals surface area contributed by atoms with Gasteiger partial charge in [0, 0.05) is 12.5 Å². The molecule has 0 aromatic heterocycles. The molecule has 0 amide bonds. The van der Waals surface area contributed by atoms with Gasteiger partial charge in [-0.25, -0.2) is 5.09 Å². The monoisotopic (exact) mass is 315 g/mol. The molecular weight excluding hydrogens is 296 g/mol. The second kappa shape index (κ2) is 7.74. The van der Waals surface area contributed by atoms with Crippen LogP contribution < -0.4 is 5.09 Å². The van der Waals surface area contributed by atoms with Crippen molar-refractivity contribution >= 4 is 34.4 Å². The zero-order valence-corrected chi connectivity index (χ0v) is 12.9. The fraction of sp³-hybridized carbons (Fsp3) is 0.909. The molecule has 1 aliphatic rings. The van der Waals surface area contributed by atoms with Crippen LogP contribution in [0, 0.1) is 5.92 Å². The lowest BCUT2D eigenvalue weighted by Crippen LogP contribution is -2.30. The molecule has 0 spiro atoms. The summed E-state index contributed by atoms with van der Waals surface area (Å²) < 4.78 is 16.2. The van der Waals surface area contributed by atoms with Gasteiger partial charge in [-0.1, -0.05) is 12.8 Å². The number of halogens is 2. The van der Waals surface area contributed by atoms with Gasteiger partial charge >= 0.3 is 12.0 Å². The van der Waals surface area contributed by atoms with Gasteiger partial charge < -0.3 is 4.74 Å². The average Bonchev–Trinajstić information content (AvgIpc) is 2.25. The molecule has 0 radical (unpaired) electrons. The highest BCUT2D eigenvalue weighted by Crippen LogP contribution is 2.53. The van der Waals surface area contributed by atoms with Crippen molar-refractivity contribution in [2.75, 3.05) is 6.61 Å². The summed E-state index contributed by atoms with van der Waals surface area (Å²) in [7, 11) is 0. The summed E-state index contributed by atoms with van der Waals surface area (Å²) in [6.07, 6.45) is 5.18. The molecular formula is C11H20Cl2NO3P. The van der Waals surface area contributed by atoms with Crippen LogP contribution in [0.5, 0.6) is 0 Å². The Bertz CT molecular complexity index is 321. The van der Waals surface area contributed by atoms with Crippen molar-refractivity contribution in [3.63, 3.8) is 0 Å². The number of rotatable bonds is 6. The molecule has 0 aromatic carbocycles. The first-order valence-electron chi connectivity index (χ1n) is 6.33. The molecule has 18 heavy (non-hydrogen) atoms. The van der Waals surface area contributed by atoms with Crippen LogP contribution in [0.15, 0.2) is 0 Å². The Morgan fingerprint density at radius 1 is 1.44 bits per heavy atom. The van der Waals surface area contributed by atoms with E-state index >= 15 is 0 Å². The van der Waals surface area contributed by atoms with E-state index in [1.807, 2.05) is 0 Å². The molecule has 1 saturated carbocycles. The van der Waals surface area contributed by atoms with Crippen LogP contribution in [0.3, 0.4) is 0 Å². The Kier molecular flexibility index (Phi) is 7.01. The molecule has 0 aliphatic heterocycles. The molecule has 0 aromatic rings. The standard InChI is InChI=1S/C11H20Cl2NO3P/c1-2-17-11(15)7-6-9-4-3-5-10(8-9)14-18(12,13)16/h9-10H,2-8H2,1H3,(H,14,16). The van der Waals surface area contributed by atoms with Crippen LogP contribution in [0.2, 0.25) is 0 Å². The van der Waals surface area contributed by atoms with Crippen LogP contribution >= 0.6 is 28.5 Å². The lowest BCUT2D eigenvalue weighted by Gasteiger charge is -2.29. The number of ether oxygens (including phenoxy) is 1. The van der Waals surface area contributed by atoms with Gasteiger partial charge in [-0.2, -0.15) is 0 Å². The predicted molar refractivity (Wildman–Crippen MR) is 74.1 cm³/mol. The molecule has 2 unspecified atom stereocenters. The second-order valence-corrected chi connectivity index (χ2v) is 9.22. The van der Waals surface area contributed by atoms with Crippen LogP contribution in [0.1, 0.15) is 45.4 Å². The SMILES string of the molecule is CCOC(=O)CCC1CCCC(NP(=O)(Cl)Cl)C1. The highest BCUT2D eigenvalue weighted by atomic mass is 35.9. The molecule has 106 valence electrons. The maximum Gasteiger partial charge on any atom is 0.319 e.